The van der Waals surface area contributed by atoms with Crippen LogP contribution in [0.5, 0.6) is 0 Å². The van der Waals surface area contributed by atoms with Crippen LogP contribution in [0, 0.1) is 0 Å². The largest absolute Gasteiger partial charge is 0.353 e. The van der Waals surface area contributed by atoms with Gasteiger partial charge in [-0.1, -0.05) is 19.3 Å². The number of carbonyl (C=O) groups excluding carboxylic acids is 1. The molecule has 0 aromatic carbocycles. The van der Waals surface area contributed by atoms with Gasteiger partial charge in [0, 0.05) is 31.2 Å². The second-order valence-corrected chi connectivity index (χ2v) is 7.42. The third kappa shape index (κ3) is 3.63. The van der Waals surface area contributed by atoms with Crippen molar-refractivity contribution in [1.29, 1.82) is 0 Å². The van der Waals surface area contributed by atoms with E-state index in [2.05, 4.69) is 10.3 Å². The molecule has 0 saturated heterocycles. The zero-order valence-electron chi connectivity index (χ0n) is 14.4. The lowest BCUT2D eigenvalue weighted by Crippen LogP contribution is -2.38. The monoisotopic (exact) mass is 362 g/mol. The van der Waals surface area contributed by atoms with Gasteiger partial charge in [-0.2, -0.15) is 0 Å². The van der Waals surface area contributed by atoms with Crippen molar-refractivity contribution >= 4 is 28.7 Å². The first-order chi connectivity index (χ1) is 12.0. The fraction of sp³-hybridized carbons (Fsp3) is 0.529. The second-order valence-electron chi connectivity index (χ2n) is 6.40. The van der Waals surface area contributed by atoms with E-state index < -0.39 is 5.69 Å². The van der Waals surface area contributed by atoms with Gasteiger partial charge in [0.05, 0.1) is 11.1 Å². The van der Waals surface area contributed by atoms with Crippen molar-refractivity contribution in [1.82, 2.24) is 19.4 Å². The highest BCUT2D eigenvalue weighted by Crippen LogP contribution is 2.23. The van der Waals surface area contributed by atoms with Gasteiger partial charge in [0.2, 0.25) is 5.91 Å². The number of fused-ring (bicyclic) bond motifs is 1. The van der Waals surface area contributed by atoms with E-state index in [4.69, 9.17) is 0 Å². The Labute approximate surface area is 149 Å². The molecular formula is C17H22N4O3S. The molecule has 0 spiro atoms. The van der Waals surface area contributed by atoms with Crippen LogP contribution in [0.4, 0.5) is 0 Å². The molecule has 2 aromatic heterocycles. The first-order valence-corrected chi connectivity index (χ1v) is 9.44. The number of carbonyl (C=O) groups is 1. The van der Waals surface area contributed by atoms with Crippen molar-refractivity contribution in [2.75, 3.05) is 5.75 Å². The molecule has 1 fully saturated rings. The summed E-state index contributed by atoms with van der Waals surface area (Å²) in [6.45, 7) is 0. The van der Waals surface area contributed by atoms with E-state index >= 15 is 0 Å². The number of nitrogens with one attached hydrogen (secondary N) is 1. The summed E-state index contributed by atoms with van der Waals surface area (Å²) < 4.78 is 2.42. The first-order valence-electron chi connectivity index (χ1n) is 8.46. The number of hydrogen-bond donors (Lipinski definition) is 1. The summed E-state index contributed by atoms with van der Waals surface area (Å²) in [6.07, 6.45) is 7.21. The molecule has 7 nitrogen and oxygen atoms in total. The van der Waals surface area contributed by atoms with Gasteiger partial charge in [-0.3, -0.25) is 18.7 Å². The topological polar surface area (TPSA) is 86.0 Å². The number of thioether (sulfide) groups is 1. The van der Waals surface area contributed by atoms with Crippen LogP contribution in [0.3, 0.4) is 0 Å². The highest BCUT2D eigenvalue weighted by atomic mass is 32.2. The van der Waals surface area contributed by atoms with Crippen LogP contribution >= 0.6 is 11.8 Å². The average Bonchev–Trinajstić information content (AvgIpc) is 2.63. The smallest absolute Gasteiger partial charge is 0.332 e. The molecule has 0 aliphatic heterocycles. The highest BCUT2D eigenvalue weighted by molar-refractivity contribution is 8.00. The van der Waals surface area contributed by atoms with Gasteiger partial charge in [-0.25, -0.2) is 9.78 Å². The highest BCUT2D eigenvalue weighted by Gasteiger charge is 2.17. The van der Waals surface area contributed by atoms with Crippen molar-refractivity contribution in [3.63, 3.8) is 0 Å². The van der Waals surface area contributed by atoms with Crippen LogP contribution in [0.25, 0.3) is 11.0 Å². The van der Waals surface area contributed by atoms with Crippen LogP contribution in [0.15, 0.2) is 26.7 Å². The second kappa shape index (κ2) is 7.43. The Hall–Kier alpha value is -2.09. The zero-order valence-corrected chi connectivity index (χ0v) is 15.3. The molecule has 0 bridgehead atoms. The van der Waals surface area contributed by atoms with Crippen molar-refractivity contribution < 1.29 is 4.79 Å². The van der Waals surface area contributed by atoms with E-state index in [0.29, 0.717) is 15.9 Å². The number of aryl methyl sites for hydroxylation is 1. The number of hydrogen-bond acceptors (Lipinski definition) is 5. The molecular weight excluding hydrogens is 340 g/mol. The predicted molar refractivity (Wildman–Crippen MR) is 98.0 cm³/mol. The molecule has 1 amide bonds. The van der Waals surface area contributed by atoms with Crippen LogP contribution in [-0.4, -0.2) is 31.8 Å². The Balaban J connectivity index is 1.81. The minimum absolute atomic E-state index is 0.0245. The molecule has 1 aliphatic carbocycles. The summed E-state index contributed by atoms with van der Waals surface area (Å²) in [6, 6.07) is 1.98. The lowest BCUT2D eigenvalue weighted by molar-refractivity contribution is -0.119. The van der Waals surface area contributed by atoms with Crippen molar-refractivity contribution in [3.8, 4) is 0 Å². The number of nitrogens with zero attached hydrogens (tertiary/aromatic N) is 3. The average molecular weight is 362 g/mol. The number of amides is 1. The van der Waals surface area contributed by atoms with E-state index in [1.165, 1.54) is 29.8 Å². The van der Waals surface area contributed by atoms with Crippen molar-refractivity contribution in [2.24, 2.45) is 14.1 Å². The lowest BCUT2D eigenvalue weighted by Gasteiger charge is -2.22. The summed E-state index contributed by atoms with van der Waals surface area (Å²) >= 11 is 1.30. The predicted octanol–water partition coefficient (Wildman–Crippen LogP) is 1.17. The SMILES string of the molecule is Cn1c(=O)c2c(SCC(=O)NC3CCCCC3)ccnc2n(C)c1=O. The summed E-state index contributed by atoms with van der Waals surface area (Å²) in [5.74, 6) is 0.213. The number of pyridine rings is 1. The van der Waals surface area contributed by atoms with Gasteiger partial charge >= 0.3 is 5.69 Å². The molecule has 25 heavy (non-hydrogen) atoms. The fourth-order valence-electron chi connectivity index (χ4n) is 3.24. The first kappa shape index (κ1) is 17.7. The molecule has 2 aromatic rings. The summed E-state index contributed by atoms with van der Waals surface area (Å²) in [4.78, 5) is 41.5. The molecule has 1 saturated carbocycles. The summed E-state index contributed by atoms with van der Waals surface area (Å²) in [7, 11) is 3.03. The van der Waals surface area contributed by atoms with Gasteiger partial charge in [0.15, 0.2) is 0 Å². The van der Waals surface area contributed by atoms with Crippen LogP contribution in [0.1, 0.15) is 32.1 Å². The van der Waals surface area contributed by atoms with E-state index in [9.17, 15) is 14.4 Å². The Morgan fingerprint density at radius 1 is 1.24 bits per heavy atom. The maximum atomic E-state index is 12.5. The third-order valence-corrected chi connectivity index (χ3v) is 5.69. The standard InChI is InChI=1S/C17H22N4O3S/c1-20-15-14(16(23)21(2)17(20)24)12(8-9-18-15)25-10-13(22)19-11-6-4-3-5-7-11/h8-9,11H,3-7,10H2,1-2H3,(H,19,22). The zero-order chi connectivity index (χ0) is 18.0. The quantitative estimate of drug-likeness (QED) is 0.825. The molecule has 134 valence electrons. The summed E-state index contributed by atoms with van der Waals surface area (Å²) in [5.41, 5.74) is -0.464. The van der Waals surface area contributed by atoms with Crippen LogP contribution < -0.4 is 16.6 Å². The normalized spacial score (nSPS) is 15.4. The van der Waals surface area contributed by atoms with Crippen LogP contribution in [0.2, 0.25) is 0 Å². The molecule has 0 unspecified atom stereocenters. The van der Waals surface area contributed by atoms with Gasteiger partial charge < -0.3 is 5.32 Å². The molecule has 0 radical (unpaired) electrons. The maximum Gasteiger partial charge on any atom is 0.332 e. The summed E-state index contributed by atoms with van der Waals surface area (Å²) in [5, 5.41) is 3.45. The molecule has 1 N–H and O–H groups in total. The fourth-order valence-corrected chi connectivity index (χ4v) is 4.09. The molecule has 2 heterocycles. The Kier molecular flexibility index (Phi) is 5.27. The Morgan fingerprint density at radius 3 is 2.68 bits per heavy atom. The van der Waals surface area contributed by atoms with Gasteiger partial charge in [0.25, 0.3) is 5.56 Å². The van der Waals surface area contributed by atoms with Crippen LogP contribution in [-0.2, 0) is 18.9 Å². The Bertz CT molecular complexity index is 912. The number of rotatable bonds is 4. The third-order valence-electron chi connectivity index (χ3n) is 4.63. The minimum Gasteiger partial charge on any atom is -0.353 e. The van der Waals surface area contributed by atoms with Gasteiger partial charge in [-0.15, -0.1) is 11.8 Å². The minimum atomic E-state index is -0.415. The molecule has 3 rings (SSSR count). The van der Waals surface area contributed by atoms with Crippen molar-refractivity contribution in [3.05, 3.63) is 33.1 Å². The van der Waals surface area contributed by atoms with E-state index in [0.717, 1.165) is 30.3 Å². The molecule has 1 aliphatic rings. The Morgan fingerprint density at radius 2 is 1.96 bits per heavy atom. The van der Waals surface area contributed by atoms with Gasteiger partial charge in [0.1, 0.15) is 5.65 Å². The van der Waals surface area contributed by atoms with Gasteiger partial charge in [-0.05, 0) is 18.9 Å². The van der Waals surface area contributed by atoms with E-state index in [1.54, 1.807) is 19.3 Å². The van der Waals surface area contributed by atoms with Crippen molar-refractivity contribution in [2.45, 2.75) is 43.0 Å². The molecule has 8 heteroatoms. The van der Waals surface area contributed by atoms with E-state index in [1.807, 2.05) is 0 Å². The maximum absolute atomic E-state index is 12.5. The van der Waals surface area contributed by atoms with E-state index in [-0.39, 0.29) is 23.3 Å². The number of aromatic nitrogens is 3. The lowest BCUT2D eigenvalue weighted by atomic mass is 9.95. The molecule has 0 atom stereocenters.